The summed E-state index contributed by atoms with van der Waals surface area (Å²) >= 11 is 0. The van der Waals surface area contributed by atoms with Crippen LogP contribution in [-0.4, -0.2) is 10.1 Å². The molecule has 0 aliphatic carbocycles. The summed E-state index contributed by atoms with van der Waals surface area (Å²) in [6, 6.07) is 2.02. The van der Waals surface area contributed by atoms with Gasteiger partial charge < -0.3 is 5.11 Å². The lowest BCUT2D eigenvalue weighted by Gasteiger charge is -2.14. The van der Waals surface area contributed by atoms with Crippen molar-refractivity contribution in [3.05, 3.63) is 28.6 Å². The Kier molecular flexibility index (Phi) is 3.63. The molecule has 1 aromatic heterocycles. The number of pyridine rings is 1. The van der Waals surface area contributed by atoms with Crippen molar-refractivity contribution in [3.63, 3.8) is 0 Å². The minimum Gasteiger partial charge on any atom is -0.392 e. The largest absolute Gasteiger partial charge is 0.433 e. The van der Waals surface area contributed by atoms with Crippen LogP contribution in [0.25, 0.3) is 0 Å². The molecule has 1 heterocycles. The monoisotopic (exact) mass is 252 g/mol. The van der Waals surface area contributed by atoms with Gasteiger partial charge in [0.25, 0.3) is 6.43 Å². The molecule has 0 bridgehead atoms. The van der Waals surface area contributed by atoms with Gasteiger partial charge in [-0.1, -0.05) is 0 Å². The first kappa shape index (κ1) is 13.3. The third-order valence-corrected chi connectivity index (χ3v) is 1.92. The Labute approximate surface area is 92.1 Å². The zero-order chi connectivity index (χ0) is 13.2. The normalized spacial score (nSPS) is 11.6. The zero-order valence-corrected chi connectivity index (χ0v) is 8.09. The van der Waals surface area contributed by atoms with Gasteiger partial charge in [-0.15, -0.1) is 0 Å². The first-order valence-electron chi connectivity index (χ1n) is 4.21. The van der Waals surface area contributed by atoms with Gasteiger partial charge in [0, 0.05) is 0 Å². The number of aromatic nitrogens is 1. The lowest BCUT2D eigenvalue weighted by molar-refractivity contribution is -0.143. The topological polar surface area (TPSA) is 56.9 Å². The third kappa shape index (κ3) is 2.68. The molecule has 17 heavy (non-hydrogen) atoms. The fourth-order valence-corrected chi connectivity index (χ4v) is 1.26. The van der Waals surface area contributed by atoms with Gasteiger partial charge in [0.15, 0.2) is 5.69 Å². The molecule has 0 aromatic carbocycles. The number of rotatable bonds is 2. The van der Waals surface area contributed by atoms with Crippen molar-refractivity contribution < 1.29 is 27.1 Å². The highest BCUT2D eigenvalue weighted by molar-refractivity contribution is 5.38. The summed E-state index contributed by atoms with van der Waals surface area (Å²) in [4.78, 5) is 2.82. The van der Waals surface area contributed by atoms with Crippen molar-refractivity contribution in [1.29, 1.82) is 5.26 Å². The Hall–Kier alpha value is -1.75. The Bertz CT molecular complexity index is 464. The Morgan fingerprint density at radius 2 is 2.00 bits per heavy atom. The minimum absolute atomic E-state index is 0.654. The molecule has 3 nitrogen and oxygen atoms in total. The second-order valence-corrected chi connectivity index (χ2v) is 3.00. The lowest BCUT2D eigenvalue weighted by Crippen LogP contribution is -2.15. The van der Waals surface area contributed by atoms with Gasteiger partial charge in [0.05, 0.1) is 12.2 Å². The predicted octanol–water partition coefficient (Wildman–Crippen LogP) is 2.40. The molecule has 0 aliphatic heterocycles. The molecule has 0 fully saturated rings. The van der Waals surface area contributed by atoms with E-state index in [4.69, 9.17) is 10.4 Å². The van der Waals surface area contributed by atoms with E-state index in [1.165, 1.54) is 6.07 Å². The number of hydrogen-bond acceptors (Lipinski definition) is 3. The van der Waals surface area contributed by atoms with Crippen LogP contribution in [-0.2, 0) is 12.8 Å². The van der Waals surface area contributed by atoms with Crippen molar-refractivity contribution in [2.45, 2.75) is 19.2 Å². The first-order valence-corrected chi connectivity index (χ1v) is 4.21. The maximum absolute atomic E-state index is 12.5. The molecule has 92 valence electrons. The van der Waals surface area contributed by atoms with Gasteiger partial charge in [-0.3, -0.25) is 0 Å². The van der Waals surface area contributed by atoms with Gasteiger partial charge in [-0.05, 0) is 11.6 Å². The van der Waals surface area contributed by atoms with Crippen LogP contribution in [0.1, 0.15) is 28.9 Å². The summed E-state index contributed by atoms with van der Waals surface area (Å²) < 4.78 is 62.4. The summed E-state index contributed by atoms with van der Waals surface area (Å²) in [5.74, 6) is 0. The zero-order valence-electron chi connectivity index (χ0n) is 8.09. The van der Waals surface area contributed by atoms with Crippen LogP contribution in [0.5, 0.6) is 0 Å². The molecule has 0 spiro atoms. The van der Waals surface area contributed by atoms with Gasteiger partial charge in [0.1, 0.15) is 11.8 Å². The fourth-order valence-electron chi connectivity index (χ4n) is 1.26. The molecular formula is C9H5F5N2O. The van der Waals surface area contributed by atoms with Crippen LogP contribution in [0.15, 0.2) is 6.07 Å². The van der Waals surface area contributed by atoms with Gasteiger partial charge in [-0.25, -0.2) is 13.8 Å². The average Bonchev–Trinajstić information content (AvgIpc) is 2.25. The molecule has 0 radical (unpaired) electrons. The van der Waals surface area contributed by atoms with E-state index >= 15 is 0 Å². The van der Waals surface area contributed by atoms with Crippen molar-refractivity contribution in [2.24, 2.45) is 0 Å². The van der Waals surface area contributed by atoms with E-state index in [1.807, 2.05) is 0 Å². The third-order valence-electron chi connectivity index (χ3n) is 1.92. The van der Waals surface area contributed by atoms with Gasteiger partial charge in [-0.2, -0.15) is 18.4 Å². The second kappa shape index (κ2) is 4.63. The summed E-state index contributed by atoms with van der Waals surface area (Å²) in [5, 5.41) is 17.2. The van der Waals surface area contributed by atoms with Crippen LogP contribution < -0.4 is 0 Å². The quantitative estimate of drug-likeness (QED) is 0.822. The molecule has 0 aliphatic rings. The highest BCUT2D eigenvalue weighted by Crippen LogP contribution is 2.37. The van der Waals surface area contributed by atoms with E-state index < -0.39 is 41.7 Å². The Balaban J connectivity index is 3.60. The van der Waals surface area contributed by atoms with E-state index in [0.29, 0.717) is 6.07 Å². The number of aliphatic hydroxyl groups is 1. The Morgan fingerprint density at radius 1 is 1.41 bits per heavy atom. The summed E-state index contributed by atoms with van der Waals surface area (Å²) in [7, 11) is 0. The fraction of sp³-hybridized carbons (Fsp3) is 0.333. The molecule has 0 unspecified atom stereocenters. The molecule has 0 atom stereocenters. The summed E-state index contributed by atoms with van der Waals surface area (Å²) in [5.41, 5.74) is -4.56. The van der Waals surface area contributed by atoms with Crippen LogP contribution in [0.2, 0.25) is 0 Å². The SMILES string of the molecule is N#Cc1cc(CO)c(C(F)F)c(C(F)(F)F)n1. The molecule has 0 amide bonds. The van der Waals surface area contributed by atoms with Gasteiger partial charge >= 0.3 is 6.18 Å². The summed E-state index contributed by atoms with van der Waals surface area (Å²) in [6.07, 6.45) is -8.54. The highest BCUT2D eigenvalue weighted by Gasteiger charge is 2.39. The number of aliphatic hydroxyl groups excluding tert-OH is 1. The van der Waals surface area contributed by atoms with Gasteiger partial charge in [0.2, 0.25) is 0 Å². The molecule has 0 saturated heterocycles. The molecule has 1 rings (SSSR count). The number of halogens is 5. The maximum Gasteiger partial charge on any atom is 0.433 e. The second-order valence-electron chi connectivity index (χ2n) is 3.00. The number of alkyl halides is 5. The number of nitriles is 1. The van der Waals surface area contributed by atoms with E-state index in [1.54, 1.807) is 0 Å². The molecular weight excluding hydrogens is 247 g/mol. The number of hydrogen-bond donors (Lipinski definition) is 1. The van der Waals surface area contributed by atoms with Crippen molar-refractivity contribution in [3.8, 4) is 6.07 Å². The maximum atomic E-state index is 12.5. The van der Waals surface area contributed by atoms with Crippen LogP contribution in [0.3, 0.4) is 0 Å². The van der Waals surface area contributed by atoms with Crippen LogP contribution >= 0.6 is 0 Å². The molecule has 0 saturated carbocycles. The summed E-state index contributed by atoms with van der Waals surface area (Å²) in [6.45, 7) is -1.03. The molecule has 8 heteroatoms. The van der Waals surface area contributed by atoms with Crippen molar-refractivity contribution in [2.75, 3.05) is 0 Å². The standard InChI is InChI=1S/C9H5F5N2O/c10-8(11)6-4(3-17)1-5(2-15)16-7(6)9(12,13)14/h1,8,17H,3H2. The van der Waals surface area contributed by atoms with Crippen LogP contribution in [0.4, 0.5) is 22.0 Å². The van der Waals surface area contributed by atoms with E-state index in [2.05, 4.69) is 4.98 Å². The molecule has 1 N–H and O–H groups in total. The highest BCUT2D eigenvalue weighted by atomic mass is 19.4. The number of nitrogens with zero attached hydrogens (tertiary/aromatic N) is 2. The van der Waals surface area contributed by atoms with Crippen molar-refractivity contribution >= 4 is 0 Å². The van der Waals surface area contributed by atoms with E-state index in [-0.39, 0.29) is 0 Å². The average molecular weight is 252 g/mol. The first-order chi connectivity index (χ1) is 7.81. The van der Waals surface area contributed by atoms with E-state index in [0.717, 1.165) is 0 Å². The molecule has 1 aromatic rings. The smallest absolute Gasteiger partial charge is 0.392 e. The van der Waals surface area contributed by atoms with E-state index in [9.17, 15) is 22.0 Å². The van der Waals surface area contributed by atoms with Crippen LogP contribution in [0, 0.1) is 11.3 Å². The Morgan fingerprint density at radius 3 is 2.35 bits per heavy atom. The lowest BCUT2D eigenvalue weighted by atomic mass is 10.1. The minimum atomic E-state index is -5.11. The van der Waals surface area contributed by atoms with Crippen molar-refractivity contribution in [1.82, 2.24) is 4.98 Å². The predicted molar refractivity (Wildman–Crippen MR) is 44.8 cm³/mol.